The van der Waals surface area contributed by atoms with Gasteiger partial charge < -0.3 is 22.9 Å². The highest BCUT2D eigenvalue weighted by Crippen LogP contribution is 2.28. The Kier molecular flexibility index (Phi) is 4.16. The zero-order chi connectivity index (χ0) is 9.14. The van der Waals surface area contributed by atoms with Crippen LogP contribution in [0.5, 0.6) is 5.75 Å². The van der Waals surface area contributed by atoms with Crippen molar-refractivity contribution in [3.05, 3.63) is 28.3 Å². The van der Waals surface area contributed by atoms with E-state index in [1.807, 2.05) is 0 Å². The van der Waals surface area contributed by atoms with E-state index in [4.69, 9.17) is 4.74 Å². The summed E-state index contributed by atoms with van der Waals surface area (Å²) in [6.07, 6.45) is 0. The van der Waals surface area contributed by atoms with Crippen molar-refractivity contribution in [1.29, 1.82) is 0 Å². The number of rotatable bonds is 2. The Hall–Kier alpha value is -1.33. The van der Waals surface area contributed by atoms with Crippen LogP contribution in [0, 0.1) is 10.1 Å². The van der Waals surface area contributed by atoms with Crippen molar-refractivity contribution in [1.82, 2.24) is 0 Å². The van der Waals surface area contributed by atoms with E-state index in [2.05, 4.69) is 5.73 Å². The molecule has 6 heteroatoms. The van der Waals surface area contributed by atoms with Crippen LogP contribution in [-0.4, -0.2) is 12.0 Å². The first-order valence-electron chi connectivity index (χ1n) is 3.30. The summed E-state index contributed by atoms with van der Waals surface area (Å²) in [5, 5.41) is 10.4. The maximum Gasteiger partial charge on any atom is 0.333 e. The average Bonchev–Trinajstić information content (AvgIpc) is 2.04. The Morgan fingerprint density at radius 1 is 1.54 bits per heavy atom. The maximum absolute atomic E-state index is 10.4. The molecule has 0 aromatic heterocycles. The number of benzene rings is 1. The Balaban J connectivity index is 0.00000144. The van der Waals surface area contributed by atoms with E-state index < -0.39 is 4.92 Å². The highest BCUT2D eigenvalue weighted by atomic mass is 35.5. The van der Waals surface area contributed by atoms with E-state index in [1.54, 1.807) is 12.1 Å². The molecule has 72 valence electrons. The average molecular weight is 205 g/mol. The highest BCUT2D eigenvalue weighted by Gasteiger charge is 2.17. The van der Waals surface area contributed by atoms with Crippen molar-refractivity contribution in [2.75, 3.05) is 7.11 Å². The van der Waals surface area contributed by atoms with Gasteiger partial charge >= 0.3 is 5.69 Å². The van der Waals surface area contributed by atoms with Crippen LogP contribution < -0.4 is 22.9 Å². The zero-order valence-electron chi connectivity index (χ0n) is 6.99. The number of hydrogen-bond donors (Lipinski definition) is 1. The topological polar surface area (TPSA) is 80.0 Å². The van der Waals surface area contributed by atoms with E-state index in [1.165, 1.54) is 13.2 Å². The molecule has 0 radical (unpaired) electrons. The van der Waals surface area contributed by atoms with Gasteiger partial charge in [-0.05, 0) is 6.07 Å². The number of halogens is 1. The van der Waals surface area contributed by atoms with Crippen LogP contribution in [0.4, 0.5) is 11.4 Å². The van der Waals surface area contributed by atoms with Crippen LogP contribution in [0.15, 0.2) is 18.2 Å². The fourth-order valence-corrected chi connectivity index (χ4v) is 0.916. The van der Waals surface area contributed by atoms with E-state index in [9.17, 15) is 10.1 Å². The maximum atomic E-state index is 10.4. The first kappa shape index (κ1) is 11.7. The summed E-state index contributed by atoms with van der Waals surface area (Å²) in [6.45, 7) is 0. The fourth-order valence-electron chi connectivity index (χ4n) is 0.916. The second-order valence-electron chi connectivity index (χ2n) is 2.22. The van der Waals surface area contributed by atoms with Crippen LogP contribution in [0.2, 0.25) is 0 Å². The van der Waals surface area contributed by atoms with Gasteiger partial charge in [0.25, 0.3) is 0 Å². The van der Waals surface area contributed by atoms with Crippen LogP contribution in [0.3, 0.4) is 0 Å². The summed E-state index contributed by atoms with van der Waals surface area (Å²) in [5.41, 5.74) is 3.84. The van der Waals surface area contributed by atoms with Gasteiger partial charge in [0.2, 0.25) is 5.69 Å². The second-order valence-corrected chi connectivity index (χ2v) is 2.22. The lowest BCUT2D eigenvalue weighted by Crippen LogP contribution is -3.00. The van der Waals surface area contributed by atoms with Gasteiger partial charge in [-0.1, -0.05) is 6.07 Å². The van der Waals surface area contributed by atoms with E-state index in [0.29, 0.717) is 11.4 Å². The monoisotopic (exact) mass is 204 g/mol. The minimum absolute atomic E-state index is 0. The van der Waals surface area contributed by atoms with Gasteiger partial charge in [-0.25, -0.2) is 0 Å². The molecular weight excluding hydrogens is 196 g/mol. The van der Waals surface area contributed by atoms with Crippen LogP contribution in [0.1, 0.15) is 0 Å². The second kappa shape index (κ2) is 4.64. The summed E-state index contributed by atoms with van der Waals surface area (Å²) >= 11 is 0. The quantitative estimate of drug-likeness (QED) is 0.427. The molecule has 0 bridgehead atoms. The number of methoxy groups -OCH3 is 1. The number of ether oxygens (including phenoxy) is 1. The Morgan fingerprint density at radius 2 is 2.15 bits per heavy atom. The van der Waals surface area contributed by atoms with Crippen LogP contribution in [0.25, 0.3) is 0 Å². The standard InChI is InChI=1S/C7H8N2O3.ClH/c1-12-6-4-2-3-5(7(6)8)9(10)11;/h2-4H,8H2,1H3;1H. The third kappa shape index (κ3) is 2.30. The number of quaternary nitrogens is 1. The van der Waals surface area contributed by atoms with Gasteiger partial charge in [0.15, 0.2) is 5.75 Å². The first-order valence-corrected chi connectivity index (χ1v) is 3.30. The molecular formula is C7H9ClN2O3. The number of nitro benzene ring substituents is 1. The van der Waals surface area contributed by atoms with E-state index in [0.717, 1.165) is 0 Å². The number of nitro groups is 1. The molecule has 0 fully saturated rings. The predicted octanol–water partition coefficient (Wildman–Crippen LogP) is -2.52. The van der Waals surface area contributed by atoms with Gasteiger partial charge in [-0.15, -0.1) is 0 Å². The molecule has 0 atom stereocenters. The minimum atomic E-state index is -0.481. The lowest BCUT2D eigenvalue weighted by atomic mass is 10.2. The van der Waals surface area contributed by atoms with Gasteiger partial charge in [0.1, 0.15) is 0 Å². The highest BCUT2D eigenvalue weighted by molar-refractivity contribution is 5.60. The van der Waals surface area contributed by atoms with Gasteiger partial charge in [0.05, 0.1) is 12.0 Å². The largest absolute Gasteiger partial charge is 1.00 e. The van der Waals surface area contributed by atoms with Crippen molar-refractivity contribution in [2.24, 2.45) is 0 Å². The van der Waals surface area contributed by atoms with Crippen LogP contribution in [-0.2, 0) is 0 Å². The summed E-state index contributed by atoms with van der Waals surface area (Å²) in [7, 11) is 1.45. The van der Waals surface area contributed by atoms with Crippen molar-refractivity contribution < 1.29 is 27.8 Å². The normalized spacial score (nSPS) is 8.77. The van der Waals surface area contributed by atoms with Crippen molar-refractivity contribution >= 4 is 11.4 Å². The molecule has 0 unspecified atom stereocenters. The van der Waals surface area contributed by atoms with Gasteiger partial charge in [-0.3, -0.25) is 10.1 Å². The summed E-state index contributed by atoms with van der Waals surface area (Å²) in [5.74, 6) is 0.434. The molecule has 0 aliphatic carbocycles. The fraction of sp³-hybridized carbons (Fsp3) is 0.143. The van der Waals surface area contributed by atoms with Crippen molar-refractivity contribution in [3.8, 4) is 5.75 Å². The van der Waals surface area contributed by atoms with Crippen molar-refractivity contribution in [3.63, 3.8) is 0 Å². The predicted molar refractivity (Wildman–Crippen MR) is 42.2 cm³/mol. The molecule has 3 N–H and O–H groups in total. The Bertz CT molecular complexity index is 317. The molecule has 0 aliphatic heterocycles. The number of nitrogens with zero attached hydrogens (tertiary/aromatic N) is 1. The molecule has 0 saturated heterocycles. The molecule has 1 aromatic rings. The molecule has 0 heterocycles. The minimum Gasteiger partial charge on any atom is -1.00 e. The zero-order valence-corrected chi connectivity index (χ0v) is 7.75. The van der Waals surface area contributed by atoms with Crippen molar-refractivity contribution in [2.45, 2.75) is 0 Å². The molecule has 0 saturated carbocycles. The molecule has 1 rings (SSSR count). The van der Waals surface area contributed by atoms with Gasteiger partial charge in [0, 0.05) is 6.07 Å². The lowest BCUT2D eigenvalue weighted by Gasteiger charge is -1.99. The molecule has 13 heavy (non-hydrogen) atoms. The van der Waals surface area contributed by atoms with Gasteiger partial charge in [-0.2, -0.15) is 0 Å². The number of hydrogen-bond acceptors (Lipinski definition) is 3. The van der Waals surface area contributed by atoms with Crippen LogP contribution >= 0.6 is 0 Å². The summed E-state index contributed by atoms with van der Waals surface area (Å²) in [6, 6.07) is 4.59. The SMILES string of the molecule is COc1cccc([N+](=O)[O-])c1[NH3+].[Cl-]. The molecule has 0 spiro atoms. The third-order valence-corrected chi connectivity index (χ3v) is 1.52. The molecule has 5 nitrogen and oxygen atoms in total. The lowest BCUT2D eigenvalue weighted by molar-refractivity contribution is -0.395. The Labute approximate surface area is 81.1 Å². The molecule has 0 amide bonds. The summed E-state index contributed by atoms with van der Waals surface area (Å²) in [4.78, 5) is 9.92. The molecule has 1 aromatic carbocycles. The summed E-state index contributed by atoms with van der Waals surface area (Å²) < 4.78 is 4.87. The smallest absolute Gasteiger partial charge is 0.333 e. The molecule has 0 aliphatic rings. The Morgan fingerprint density at radius 3 is 2.62 bits per heavy atom. The van der Waals surface area contributed by atoms with E-state index >= 15 is 0 Å². The van der Waals surface area contributed by atoms with E-state index in [-0.39, 0.29) is 18.1 Å². The first-order chi connectivity index (χ1) is 5.66. The third-order valence-electron chi connectivity index (χ3n) is 1.52.